The molecule has 2 rings (SSSR count). The number of carbonyl (C=O) groups is 4. The Balaban J connectivity index is 1.98. The molecule has 0 heterocycles. The molecule has 0 aliphatic rings. The van der Waals surface area contributed by atoms with Gasteiger partial charge in [-0.05, 0) is 29.9 Å². The third-order valence-corrected chi connectivity index (χ3v) is 5.20. The molecule has 2 aromatic carbocycles. The molecule has 0 unspecified atom stereocenters. The van der Waals surface area contributed by atoms with E-state index >= 15 is 0 Å². The first-order valence-electron chi connectivity index (χ1n) is 11.8. The second kappa shape index (κ2) is 15.2. The number of rotatable bonds is 13. The summed E-state index contributed by atoms with van der Waals surface area (Å²) < 4.78 is 15.3. The van der Waals surface area contributed by atoms with E-state index in [0.29, 0.717) is 6.42 Å². The molecule has 0 saturated heterocycles. The third-order valence-electron chi connectivity index (χ3n) is 5.20. The fourth-order valence-electron chi connectivity index (χ4n) is 3.35. The van der Waals surface area contributed by atoms with Crippen LogP contribution >= 0.6 is 0 Å². The summed E-state index contributed by atoms with van der Waals surface area (Å²) in [7, 11) is 1.26. The van der Waals surface area contributed by atoms with E-state index in [2.05, 4.69) is 10.6 Å². The minimum Gasteiger partial charge on any atom is -0.467 e. The van der Waals surface area contributed by atoms with Crippen molar-refractivity contribution in [3.63, 3.8) is 0 Å². The van der Waals surface area contributed by atoms with E-state index in [-0.39, 0.29) is 32.0 Å². The van der Waals surface area contributed by atoms with Crippen molar-refractivity contribution < 1.29 is 33.4 Å². The van der Waals surface area contributed by atoms with Crippen molar-refractivity contribution in [2.24, 2.45) is 5.92 Å². The number of hydrogen-bond donors (Lipinski definition) is 2. The van der Waals surface area contributed by atoms with Crippen molar-refractivity contribution in [1.29, 1.82) is 0 Å². The molecule has 0 bridgehead atoms. The number of ether oxygens (including phenoxy) is 3. The molecule has 0 saturated carbocycles. The highest BCUT2D eigenvalue weighted by molar-refractivity contribution is 5.86. The van der Waals surface area contributed by atoms with Crippen LogP contribution in [0, 0.1) is 5.92 Å². The Hall–Kier alpha value is -3.88. The Bertz CT molecular complexity index is 980. The molecule has 2 aromatic rings. The Morgan fingerprint density at radius 2 is 1.31 bits per heavy atom. The molecule has 2 N–H and O–H groups in total. The van der Waals surface area contributed by atoms with Crippen molar-refractivity contribution in [2.75, 3.05) is 7.11 Å². The molecule has 0 aliphatic heterocycles. The number of esters is 2. The summed E-state index contributed by atoms with van der Waals surface area (Å²) in [5.74, 6) is -1.55. The van der Waals surface area contributed by atoms with Gasteiger partial charge in [0.05, 0.1) is 7.11 Å². The number of benzene rings is 2. The fraction of sp³-hybridized carbons (Fsp3) is 0.407. The Morgan fingerprint density at radius 1 is 0.750 bits per heavy atom. The molecule has 0 aliphatic carbocycles. The van der Waals surface area contributed by atoms with E-state index in [1.807, 2.05) is 50.2 Å². The molecule has 0 spiro atoms. The van der Waals surface area contributed by atoms with Gasteiger partial charge in [0, 0.05) is 6.42 Å². The lowest BCUT2D eigenvalue weighted by atomic mass is 10.0. The SMILES string of the molecule is COC(=O)[C@H](CC(C)C)NC(=O)CC[C@@H](NC(=O)OCc1ccccc1)C(=O)OCc1ccccc1. The van der Waals surface area contributed by atoms with Crippen molar-refractivity contribution >= 4 is 23.9 Å². The quantitative estimate of drug-likeness (QED) is 0.320. The van der Waals surface area contributed by atoms with Gasteiger partial charge in [-0.2, -0.15) is 0 Å². The molecular formula is C27H34N2O7. The highest BCUT2D eigenvalue weighted by atomic mass is 16.6. The fourth-order valence-corrected chi connectivity index (χ4v) is 3.35. The van der Waals surface area contributed by atoms with Gasteiger partial charge in [-0.25, -0.2) is 14.4 Å². The number of carbonyl (C=O) groups excluding carboxylic acids is 4. The van der Waals surface area contributed by atoms with E-state index in [4.69, 9.17) is 14.2 Å². The van der Waals surface area contributed by atoms with E-state index in [9.17, 15) is 19.2 Å². The lowest BCUT2D eigenvalue weighted by Gasteiger charge is -2.20. The highest BCUT2D eigenvalue weighted by Gasteiger charge is 2.26. The standard InChI is InChI=1S/C27H34N2O7/c1-19(2)16-23(25(31)34-3)28-24(30)15-14-22(26(32)35-17-20-10-6-4-7-11-20)29-27(33)36-18-21-12-8-5-9-13-21/h4-13,19,22-23H,14-18H2,1-3H3,(H,28,30)(H,29,33)/t22-,23+/m1/s1. The largest absolute Gasteiger partial charge is 0.467 e. The van der Waals surface area contributed by atoms with Crippen molar-refractivity contribution in [2.45, 2.75) is 58.4 Å². The normalized spacial score (nSPS) is 12.2. The van der Waals surface area contributed by atoms with Gasteiger partial charge >= 0.3 is 18.0 Å². The summed E-state index contributed by atoms with van der Waals surface area (Å²) in [6, 6.07) is 16.3. The van der Waals surface area contributed by atoms with Crippen LogP contribution < -0.4 is 10.6 Å². The minimum atomic E-state index is -1.12. The predicted molar refractivity (Wildman–Crippen MR) is 132 cm³/mol. The summed E-state index contributed by atoms with van der Waals surface area (Å²) in [4.78, 5) is 49.7. The Labute approximate surface area is 211 Å². The zero-order chi connectivity index (χ0) is 26.3. The number of methoxy groups -OCH3 is 1. The van der Waals surface area contributed by atoms with E-state index in [1.165, 1.54) is 7.11 Å². The molecular weight excluding hydrogens is 464 g/mol. The number of amides is 2. The minimum absolute atomic E-state index is 0.0158. The summed E-state index contributed by atoms with van der Waals surface area (Å²) in [6.45, 7) is 3.88. The zero-order valence-corrected chi connectivity index (χ0v) is 20.9. The summed E-state index contributed by atoms with van der Waals surface area (Å²) >= 11 is 0. The van der Waals surface area contributed by atoms with Crippen LogP contribution in [0.1, 0.15) is 44.2 Å². The topological polar surface area (TPSA) is 120 Å². The zero-order valence-electron chi connectivity index (χ0n) is 20.9. The van der Waals surface area contributed by atoms with Gasteiger partial charge < -0.3 is 24.8 Å². The Kier molecular flexibility index (Phi) is 12.0. The van der Waals surface area contributed by atoms with Crippen LogP contribution in [0.4, 0.5) is 4.79 Å². The second-order valence-electron chi connectivity index (χ2n) is 8.66. The number of alkyl carbamates (subject to hydrolysis) is 1. The van der Waals surface area contributed by atoms with Crippen LogP contribution in [0.2, 0.25) is 0 Å². The summed E-state index contributed by atoms with van der Waals surface area (Å²) in [6.07, 6.45) is -0.580. The molecule has 9 heteroatoms. The van der Waals surface area contributed by atoms with Gasteiger partial charge in [-0.3, -0.25) is 4.79 Å². The molecule has 2 amide bonds. The monoisotopic (exact) mass is 498 g/mol. The molecule has 36 heavy (non-hydrogen) atoms. The van der Waals surface area contributed by atoms with Crippen molar-refractivity contribution in [3.05, 3.63) is 71.8 Å². The van der Waals surface area contributed by atoms with Crippen molar-refractivity contribution in [1.82, 2.24) is 10.6 Å². The molecule has 9 nitrogen and oxygen atoms in total. The first-order chi connectivity index (χ1) is 17.3. The average Bonchev–Trinajstić information content (AvgIpc) is 2.88. The molecule has 194 valence electrons. The van der Waals surface area contributed by atoms with Crippen LogP contribution in [0.25, 0.3) is 0 Å². The molecule has 0 aromatic heterocycles. The first-order valence-corrected chi connectivity index (χ1v) is 11.8. The van der Waals surface area contributed by atoms with Crippen LogP contribution in [0.5, 0.6) is 0 Å². The van der Waals surface area contributed by atoms with Crippen molar-refractivity contribution in [3.8, 4) is 0 Å². The average molecular weight is 499 g/mol. The van der Waals surface area contributed by atoms with Crippen LogP contribution in [-0.4, -0.2) is 43.1 Å². The maximum absolute atomic E-state index is 12.8. The van der Waals surface area contributed by atoms with E-state index in [0.717, 1.165) is 11.1 Å². The van der Waals surface area contributed by atoms with Gasteiger partial charge in [0.15, 0.2) is 0 Å². The maximum Gasteiger partial charge on any atom is 0.408 e. The van der Waals surface area contributed by atoms with Gasteiger partial charge in [0.2, 0.25) is 5.91 Å². The van der Waals surface area contributed by atoms with Crippen LogP contribution in [0.15, 0.2) is 60.7 Å². The highest BCUT2D eigenvalue weighted by Crippen LogP contribution is 2.10. The maximum atomic E-state index is 12.8. The first kappa shape index (κ1) is 28.4. The molecule has 0 radical (unpaired) electrons. The summed E-state index contributed by atoms with van der Waals surface area (Å²) in [5.41, 5.74) is 1.57. The Morgan fingerprint density at radius 3 is 1.83 bits per heavy atom. The van der Waals surface area contributed by atoms with E-state index < -0.39 is 36.0 Å². The van der Waals surface area contributed by atoms with Gasteiger partial charge in [0.25, 0.3) is 0 Å². The smallest absolute Gasteiger partial charge is 0.408 e. The van der Waals surface area contributed by atoms with Gasteiger partial charge in [-0.15, -0.1) is 0 Å². The molecule has 2 atom stereocenters. The van der Waals surface area contributed by atoms with Gasteiger partial charge in [0.1, 0.15) is 25.3 Å². The third kappa shape index (κ3) is 10.6. The van der Waals surface area contributed by atoms with E-state index in [1.54, 1.807) is 24.3 Å². The second-order valence-corrected chi connectivity index (χ2v) is 8.66. The number of hydrogen-bond acceptors (Lipinski definition) is 7. The van der Waals surface area contributed by atoms with Crippen LogP contribution in [0.3, 0.4) is 0 Å². The lowest BCUT2D eigenvalue weighted by Crippen LogP contribution is -2.45. The number of nitrogens with one attached hydrogen (secondary N) is 2. The molecule has 0 fully saturated rings. The summed E-state index contributed by atoms with van der Waals surface area (Å²) in [5, 5.41) is 5.13. The van der Waals surface area contributed by atoms with Crippen LogP contribution in [-0.2, 0) is 41.8 Å². The van der Waals surface area contributed by atoms with Gasteiger partial charge in [-0.1, -0.05) is 74.5 Å². The lowest BCUT2D eigenvalue weighted by molar-refractivity contribution is -0.148. The predicted octanol–water partition coefficient (Wildman–Crippen LogP) is 3.51.